The molecule has 110 valence electrons. The highest BCUT2D eigenvalue weighted by Gasteiger charge is 2.15. The second kappa shape index (κ2) is 6.49. The van der Waals surface area contributed by atoms with Crippen molar-refractivity contribution in [2.24, 2.45) is 0 Å². The van der Waals surface area contributed by atoms with E-state index in [4.69, 9.17) is 5.11 Å². The van der Waals surface area contributed by atoms with Gasteiger partial charge in [-0.05, 0) is 37.4 Å². The molecule has 0 aromatic carbocycles. The Morgan fingerprint density at radius 2 is 2.14 bits per heavy atom. The zero-order chi connectivity index (χ0) is 15.4. The number of carbonyl (C=O) groups is 2. The maximum atomic E-state index is 12.1. The van der Waals surface area contributed by atoms with Crippen LogP contribution < -0.4 is 5.32 Å². The fourth-order valence-corrected chi connectivity index (χ4v) is 2.67. The first-order valence-corrected chi connectivity index (χ1v) is 7.39. The van der Waals surface area contributed by atoms with Crippen LogP contribution in [0.3, 0.4) is 0 Å². The molecule has 0 saturated heterocycles. The zero-order valence-electron chi connectivity index (χ0n) is 11.8. The molecule has 0 aliphatic heterocycles. The number of aliphatic carboxylic acids is 1. The van der Waals surface area contributed by atoms with Crippen LogP contribution in [0.1, 0.15) is 29.4 Å². The first-order chi connectivity index (χ1) is 9.97. The van der Waals surface area contributed by atoms with Gasteiger partial charge in [0, 0.05) is 6.04 Å². The van der Waals surface area contributed by atoms with Crippen LogP contribution in [-0.2, 0) is 4.79 Å². The number of hydrogen-bond donors (Lipinski definition) is 2. The highest BCUT2D eigenvalue weighted by Crippen LogP contribution is 2.23. The minimum absolute atomic E-state index is 0.106. The van der Waals surface area contributed by atoms with Crippen LogP contribution in [0.4, 0.5) is 0 Å². The van der Waals surface area contributed by atoms with Gasteiger partial charge in [-0.2, -0.15) is 0 Å². The van der Waals surface area contributed by atoms with E-state index in [0.717, 1.165) is 10.6 Å². The van der Waals surface area contributed by atoms with Gasteiger partial charge in [-0.3, -0.25) is 14.6 Å². The summed E-state index contributed by atoms with van der Waals surface area (Å²) in [5, 5.41) is 13.3. The Labute approximate surface area is 126 Å². The number of carbonyl (C=O) groups excluding carboxylic acids is 1. The summed E-state index contributed by atoms with van der Waals surface area (Å²) in [5.41, 5.74) is 1.92. The molecule has 0 aliphatic carbocycles. The number of hydrogen-bond acceptors (Lipinski definition) is 4. The Kier molecular flexibility index (Phi) is 4.70. The predicted molar refractivity (Wildman–Crippen MR) is 81.5 cm³/mol. The molecule has 6 heteroatoms. The fourth-order valence-electron chi connectivity index (χ4n) is 1.98. The largest absolute Gasteiger partial charge is 0.481 e. The number of nitrogens with zero attached hydrogens (tertiary/aromatic N) is 1. The lowest BCUT2D eigenvalue weighted by atomic mass is 10.1. The van der Waals surface area contributed by atoms with Gasteiger partial charge in [-0.1, -0.05) is 6.07 Å². The topological polar surface area (TPSA) is 79.3 Å². The Morgan fingerprint density at radius 1 is 1.38 bits per heavy atom. The summed E-state index contributed by atoms with van der Waals surface area (Å²) in [6.07, 6.45) is -0.106. The molecule has 0 saturated carbocycles. The first-order valence-electron chi connectivity index (χ1n) is 6.51. The van der Waals surface area contributed by atoms with Crippen molar-refractivity contribution in [2.75, 3.05) is 0 Å². The van der Waals surface area contributed by atoms with Crippen LogP contribution in [0.25, 0.3) is 10.6 Å². The first kappa shape index (κ1) is 15.2. The van der Waals surface area contributed by atoms with E-state index in [9.17, 15) is 9.59 Å². The fraction of sp³-hybridized carbons (Fsp3) is 0.267. The Bertz CT molecular complexity index is 653. The molecule has 0 bridgehead atoms. The van der Waals surface area contributed by atoms with Crippen molar-refractivity contribution in [3.8, 4) is 10.6 Å². The van der Waals surface area contributed by atoms with E-state index in [1.165, 1.54) is 0 Å². The molecule has 1 atom stereocenters. The number of aromatic nitrogens is 1. The molecule has 5 nitrogen and oxygen atoms in total. The quantitative estimate of drug-likeness (QED) is 0.890. The lowest BCUT2D eigenvalue weighted by Gasteiger charge is -2.13. The van der Waals surface area contributed by atoms with Crippen molar-refractivity contribution < 1.29 is 14.7 Å². The third-order valence-electron chi connectivity index (χ3n) is 2.96. The van der Waals surface area contributed by atoms with Crippen molar-refractivity contribution >= 4 is 23.2 Å². The number of aryl methyl sites for hydroxylation is 1. The summed E-state index contributed by atoms with van der Waals surface area (Å²) < 4.78 is 0. The van der Waals surface area contributed by atoms with Crippen LogP contribution in [0.15, 0.2) is 29.6 Å². The molecule has 1 unspecified atom stereocenters. The summed E-state index contributed by atoms with van der Waals surface area (Å²) in [6.45, 7) is 3.43. The summed E-state index contributed by atoms with van der Waals surface area (Å²) in [6, 6.07) is 7.02. The molecule has 2 heterocycles. The van der Waals surface area contributed by atoms with Crippen molar-refractivity contribution in [3.63, 3.8) is 0 Å². The second-order valence-corrected chi connectivity index (χ2v) is 5.73. The third kappa shape index (κ3) is 3.88. The Balaban J connectivity index is 2.13. The molecule has 0 spiro atoms. The van der Waals surface area contributed by atoms with Crippen molar-refractivity contribution in [2.45, 2.75) is 26.3 Å². The van der Waals surface area contributed by atoms with E-state index >= 15 is 0 Å². The standard InChI is InChI=1S/C15H16N2O3S/c1-9(8-14(18)19)16-15(20)11-5-6-12(17-10(11)2)13-4-3-7-21-13/h3-7,9H,8H2,1-2H3,(H,16,20)(H,18,19). The van der Waals surface area contributed by atoms with E-state index < -0.39 is 12.0 Å². The molecule has 1 amide bonds. The molecule has 2 N–H and O–H groups in total. The maximum absolute atomic E-state index is 12.1. The minimum atomic E-state index is -0.939. The van der Waals surface area contributed by atoms with Crippen LogP contribution in [0.5, 0.6) is 0 Å². The summed E-state index contributed by atoms with van der Waals surface area (Å²) in [5.74, 6) is -1.24. The van der Waals surface area contributed by atoms with Crippen LogP contribution in [-0.4, -0.2) is 28.0 Å². The molecule has 0 aliphatic rings. The average molecular weight is 304 g/mol. The Morgan fingerprint density at radius 3 is 2.71 bits per heavy atom. The number of nitrogens with one attached hydrogen (secondary N) is 1. The lowest BCUT2D eigenvalue weighted by molar-refractivity contribution is -0.137. The predicted octanol–water partition coefficient (Wildman–Crippen LogP) is 2.71. The van der Waals surface area contributed by atoms with Crippen molar-refractivity contribution in [1.29, 1.82) is 0 Å². The van der Waals surface area contributed by atoms with Gasteiger partial charge in [-0.25, -0.2) is 0 Å². The monoisotopic (exact) mass is 304 g/mol. The third-order valence-corrected chi connectivity index (χ3v) is 3.85. The number of carboxylic acids is 1. The van der Waals surface area contributed by atoms with E-state index in [1.807, 2.05) is 17.5 Å². The molecular formula is C15H16N2O3S. The highest BCUT2D eigenvalue weighted by atomic mass is 32.1. The van der Waals surface area contributed by atoms with Gasteiger partial charge in [0.1, 0.15) is 0 Å². The molecule has 0 radical (unpaired) electrons. The van der Waals surface area contributed by atoms with Gasteiger partial charge in [0.25, 0.3) is 5.91 Å². The average Bonchev–Trinajstić information content (AvgIpc) is 2.90. The van der Waals surface area contributed by atoms with Gasteiger partial charge >= 0.3 is 5.97 Å². The number of carboxylic acid groups (broad SMARTS) is 1. The SMILES string of the molecule is Cc1nc(-c2cccs2)ccc1C(=O)NC(C)CC(=O)O. The van der Waals surface area contributed by atoms with Crippen LogP contribution in [0.2, 0.25) is 0 Å². The minimum Gasteiger partial charge on any atom is -0.481 e. The van der Waals surface area contributed by atoms with Crippen molar-refractivity contribution in [1.82, 2.24) is 10.3 Å². The van der Waals surface area contributed by atoms with Crippen LogP contribution in [0, 0.1) is 6.92 Å². The van der Waals surface area contributed by atoms with E-state index in [2.05, 4.69) is 10.3 Å². The van der Waals surface area contributed by atoms with Gasteiger partial charge in [0.2, 0.25) is 0 Å². The molecule has 21 heavy (non-hydrogen) atoms. The summed E-state index contributed by atoms with van der Waals surface area (Å²) in [4.78, 5) is 28.2. The van der Waals surface area contributed by atoms with Gasteiger partial charge in [-0.15, -0.1) is 11.3 Å². The smallest absolute Gasteiger partial charge is 0.305 e. The van der Waals surface area contributed by atoms with E-state index in [1.54, 1.807) is 37.3 Å². The lowest BCUT2D eigenvalue weighted by Crippen LogP contribution is -2.34. The normalized spacial score (nSPS) is 11.9. The number of thiophene rings is 1. The molecule has 2 rings (SSSR count). The van der Waals surface area contributed by atoms with Crippen LogP contribution >= 0.6 is 11.3 Å². The van der Waals surface area contributed by atoms with E-state index in [0.29, 0.717) is 11.3 Å². The molecule has 2 aromatic heterocycles. The molecule has 2 aromatic rings. The number of amides is 1. The molecular weight excluding hydrogens is 288 g/mol. The Hall–Kier alpha value is -2.21. The highest BCUT2D eigenvalue weighted by molar-refractivity contribution is 7.13. The van der Waals surface area contributed by atoms with Crippen molar-refractivity contribution in [3.05, 3.63) is 40.9 Å². The second-order valence-electron chi connectivity index (χ2n) is 4.78. The number of rotatable bonds is 5. The number of pyridine rings is 1. The summed E-state index contributed by atoms with van der Waals surface area (Å²) >= 11 is 1.59. The zero-order valence-corrected chi connectivity index (χ0v) is 12.6. The van der Waals surface area contributed by atoms with E-state index in [-0.39, 0.29) is 12.3 Å². The summed E-state index contributed by atoms with van der Waals surface area (Å²) in [7, 11) is 0. The maximum Gasteiger partial charge on any atom is 0.305 e. The van der Waals surface area contributed by atoms with Gasteiger partial charge in [0.05, 0.1) is 28.2 Å². The van der Waals surface area contributed by atoms with Gasteiger partial charge < -0.3 is 10.4 Å². The van der Waals surface area contributed by atoms with Gasteiger partial charge in [0.15, 0.2) is 0 Å². The molecule has 0 fully saturated rings.